The summed E-state index contributed by atoms with van der Waals surface area (Å²) in [5.41, 5.74) is 3.28. The number of nitrogens with one attached hydrogen (secondary N) is 1. The molecule has 2 aromatic rings. The molecule has 1 aromatic carbocycles. The second-order valence-corrected chi connectivity index (χ2v) is 6.13. The molecule has 0 bridgehead atoms. The third kappa shape index (κ3) is 4.20. The highest BCUT2D eigenvalue weighted by molar-refractivity contribution is 5.92. The van der Waals surface area contributed by atoms with Gasteiger partial charge in [-0.1, -0.05) is 43.7 Å². The van der Waals surface area contributed by atoms with E-state index in [1.807, 2.05) is 52.0 Å². The van der Waals surface area contributed by atoms with E-state index < -0.39 is 6.10 Å². The normalized spacial score (nSPS) is 12.4. The number of nitrogens with zero attached hydrogens (tertiary/aromatic N) is 2. The van der Waals surface area contributed by atoms with Crippen LogP contribution in [0, 0.1) is 6.92 Å². The Morgan fingerprint density at radius 2 is 1.96 bits per heavy atom. The molecule has 5 nitrogen and oxygen atoms in total. The maximum atomic E-state index is 12.6. The molecule has 2 rings (SSSR count). The Kier molecular flexibility index (Phi) is 5.55. The Balaban J connectivity index is 2.08. The van der Waals surface area contributed by atoms with Gasteiger partial charge in [0.25, 0.3) is 5.91 Å². The predicted octanol–water partition coefficient (Wildman–Crippen LogP) is 3.04. The average Bonchev–Trinajstić information content (AvgIpc) is 3.02. The molecule has 1 unspecified atom stereocenters. The van der Waals surface area contributed by atoms with E-state index in [9.17, 15) is 9.90 Å². The van der Waals surface area contributed by atoms with Crippen LogP contribution in [-0.4, -0.2) is 39.2 Å². The molecule has 0 saturated carbocycles. The smallest absolute Gasteiger partial charge is 0.274 e. The summed E-state index contributed by atoms with van der Waals surface area (Å²) in [5, 5.41) is 17.4. The molecule has 5 heteroatoms. The number of aromatic nitrogens is 2. The molecule has 1 atom stereocenters. The number of amides is 1. The van der Waals surface area contributed by atoms with Crippen LogP contribution in [0.3, 0.4) is 0 Å². The van der Waals surface area contributed by atoms with E-state index in [0.717, 1.165) is 16.8 Å². The minimum Gasteiger partial charge on any atom is -0.387 e. The van der Waals surface area contributed by atoms with Crippen LogP contribution in [0.5, 0.6) is 0 Å². The molecule has 124 valence electrons. The van der Waals surface area contributed by atoms with Crippen LogP contribution < -0.4 is 0 Å². The minimum absolute atomic E-state index is 0.165. The van der Waals surface area contributed by atoms with Gasteiger partial charge < -0.3 is 10.0 Å². The van der Waals surface area contributed by atoms with E-state index in [1.165, 1.54) is 0 Å². The standard InChI is InChI=1S/C18H25N3O2/c1-5-21(11-17(22)14-8-6-13(4)7-9-14)18(23)16-10-15(12(2)3)19-20-16/h6-10,12,17,22H,5,11H2,1-4H3,(H,19,20). The number of hydrogen-bond acceptors (Lipinski definition) is 3. The highest BCUT2D eigenvalue weighted by Crippen LogP contribution is 2.17. The van der Waals surface area contributed by atoms with E-state index >= 15 is 0 Å². The first-order valence-electron chi connectivity index (χ1n) is 8.01. The average molecular weight is 315 g/mol. The maximum absolute atomic E-state index is 12.6. The largest absolute Gasteiger partial charge is 0.387 e. The van der Waals surface area contributed by atoms with Gasteiger partial charge in [-0.3, -0.25) is 9.89 Å². The monoisotopic (exact) mass is 315 g/mol. The van der Waals surface area contributed by atoms with E-state index in [1.54, 1.807) is 11.0 Å². The third-order valence-electron chi connectivity index (χ3n) is 3.96. The van der Waals surface area contributed by atoms with Crippen LogP contribution in [0.1, 0.15) is 60.1 Å². The number of H-pyrrole nitrogens is 1. The fourth-order valence-corrected chi connectivity index (χ4v) is 2.36. The second-order valence-electron chi connectivity index (χ2n) is 6.13. The number of benzene rings is 1. The minimum atomic E-state index is -0.706. The molecule has 0 fully saturated rings. The quantitative estimate of drug-likeness (QED) is 0.861. The lowest BCUT2D eigenvalue weighted by molar-refractivity contribution is 0.0629. The first kappa shape index (κ1) is 17.2. The Hall–Kier alpha value is -2.14. The molecular formula is C18H25N3O2. The zero-order valence-electron chi connectivity index (χ0n) is 14.2. The molecule has 1 amide bonds. The van der Waals surface area contributed by atoms with E-state index in [2.05, 4.69) is 10.2 Å². The van der Waals surface area contributed by atoms with Crippen LogP contribution in [0.2, 0.25) is 0 Å². The van der Waals surface area contributed by atoms with Gasteiger partial charge in [-0.25, -0.2) is 0 Å². The van der Waals surface area contributed by atoms with Gasteiger partial charge in [0.1, 0.15) is 5.69 Å². The lowest BCUT2D eigenvalue weighted by atomic mass is 10.1. The predicted molar refractivity (Wildman–Crippen MR) is 90.4 cm³/mol. The van der Waals surface area contributed by atoms with Gasteiger partial charge in [-0.2, -0.15) is 5.10 Å². The molecule has 0 aliphatic carbocycles. The molecule has 0 radical (unpaired) electrons. The van der Waals surface area contributed by atoms with Crippen LogP contribution >= 0.6 is 0 Å². The molecule has 0 aliphatic heterocycles. The molecule has 0 spiro atoms. The van der Waals surface area contributed by atoms with Crippen molar-refractivity contribution in [1.82, 2.24) is 15.1 Å². The second kappa shape index (κ2) is 7.42. The Bertz CT molecular complexity index is 647. The number of likely N-dealkylation sites (N-methyl/N-ethyl adjacent to an activating group) is 1. The Morgan fingerprint density at radius 1 is 1.30 bits per heavy atom. The lowest BCUT2D eigenvalue weighted by Crippen LogP contribution is -2.34. The number of aromatic amines is 1. The summed E-state index contributed by atoms with van der Waals surface area (Å²) < 4.78 is 0. The molecule has 23 heavy (non-hydrogen) atoms. The van der Waals surface area contributed by atoms with Crippen molar-refractivity contribution in [2.75, 3.05) is 13.1 Å². The van der Waals surface area contributed by atoms with E-state index in [4.69, 9.17) is 0 Å². The van der Waals surface area contributed by atoms with Crippen molar-refractivity contribution in [2.24, 2.45) is 0 Å². The van der Waals surface area contributed by atoms with Gasteiger partial charge in [0.2, 0.25) is 0 Å². The van der Waals surface area contributed by atoms with Crippen LogP contribution in [-0.2, 0) is 0 Å². The number of aliphatic hydroxyl groups excluding tert-OH is 1. The van der Waals surface area contributed by atoms with Crippen LogP contribution in [0.15, 0.2) is 30.3 Å². The SMILES string of the molecule is CCN(CC(O)c1ccc(C)cc1)C(=O)c1cc(C(C)C)[nH]n1. The first-order valence-corrected chi connectivity index (χ1v) is 8.01. The molecule has 1 aromatic heterocycles. The molecule has 1 heterocycles. The number of rotatable bonds is 6. The molecule has 0 saturated heterocycles. The number of carbonyl (C=O) groups is 1. The highest BCUT2D eigenvalue weighted by Gasteiger charge is 2.21. The maximum Gasteiger partial charge on any atom is 0.274 e. The Morgan fingerprint density at radius 3 is 2.48 bits per heavy atom. The van der Waals surface area contributed by atoms with Crippen molar-refractivity contribution in [3.63, 3.8) is 0 Å². The topological polar surface area (TPSA) is 69.2 Å². The van der Waals surface area contributed by atoms with Crippen molar-refractivity contribution in [3.8, 4) is 0 Å². The van der Waals surface area contributed by atoms with Crippen molar-refractivity contribution < 1.29 is 9.90 Å². The highest BCUT2D eigenvalue weighted by atomic mass is 16.3. The number of aliphatic hydroxyl groups is 1. The fourth-order valence-electron chi connectivity index (χ4n) is 2.36. The van der Waals surface area contributed by atoms with Crippen molar-refractivity contribution in [2.45, 2.75) is 39.7 Å². The number of aryl methyl sites for hydroxylation is 1. The van der Waals surface area contributed by atoms with Crippen molar-refractivity contribution >= 4 is 5.91 Å². The van der Waals surface area contributed by atoms with Gasteiger partial charge >= 0.3 is 0 Å². The van der Waals surface area contributed by atoms with Gasteiger partial charge in [0.05, 0.1) is 12.6 Å². The van der Waals surface area contributed by atoms with Gasteiger partial charge in [0.15, 0.2) is 0 Å². The molecular weight excluding hydrogens is 290 g/mol. The van der Waals surface area contributed by atoms with Gasteiger partial charge in [0, 0.05) is 12.2 Å². The summed E-state index contributed by atoms with van der Waals surface area (Å²) in [4.78, 5) is 14.2. The summed E-state index contributed by atoms with van der Waals surface area (Å²) >= 11 is 0. The van der Waals surface area contributed by atoms with Gasteiger partial charge in [-0.15, -0.1) is 0 Å². The molecule has 0 aliphatic rings. The molecule has 2 N–H and O–H groups in total. The lowest BCUT2D eigenvalue weighted by Gasteiger charge is -2.23. The van der Waals surface area contributed by atoms with Gasteiger partial charge in [-0.05, 0) is 31.4 Å². The van der Waals surface area contributed by atoms with Crippen molar-refractivity contribution in [3.05, 3.63) is 52.8 Å². The fraction of sp³-hybridized carbons (Fsp3) is 0.444. The third-order valence-corrected chi connectivity index (χ3v) is 3.96. The number of carbonyl (C=O) groups excluding carboxylic acids is 1. The zero-order chi connectivity index (χ0) is 17.0. The Labute approximate surface area is 137 Å². The van der Waals surface area contributed by atoms with Crippen LogP contribution in [0.25, 0.3) is 0 Å². The summed E-state index contributed by atoms with van der Waals surface area (Å²) in [6.07, 6.45) is -0.706. The summed E-state index contributed by atoms with van der Waals surface area (Å²) in [6, 6.07) is 9.49. The van der Waals surface area contributed by atoms with Crippen molar-refractivity contribution in [1.29, 1.82) is 0 Å². The summed E-state index contributed by atoms with van der Waals surface area (Å²) in [5.74, 6) is 0.124. The number of hydrogen-bond donors (Lipinski definition) is 2. The summed E-state index contributed by atoms with van der Waals surface area (Å²) in [6.45, 7) is 8.76. The summed E-state index contributed by atoms with van der Waals surface area (Å²) in [7, 11) is 0. The van der Waals surface area contributed by atoms with E-state index in [0.29, 0.717) is 12.2 Å². The van der Waals surface area contributed by atoms with Crippen LogP contribution in [0.4, 0.5) is 0 Å². The first-order chi connectivity index (χ1) is 10.9. The zero-order valence-corrected chi connectivity index (χ0v) is 14.2. The van der Waals surface area contributed by atoms with E-state index in [-0.39, 0.29) is 18.4 Å².